The Bertz CT molecular complexity index is 603. The lowest BCUT2D eigenvalue weighted by atomic mass is 10.1. The number of aryl methyl sites for hydroxylation is 1. The smallest absolute Gasteiger partial charge is 0.169 e. The van der Waals surface area contributed by atoms with Crippen molar-refractivity contribution >= 4 is 12.2 Å². The van der Waals surface area contributed by atoms with E-state index in [1.807, 2.05) is 18.2 Å². The third-order valence-corrected chi connectivity index (χ3v) is 3.29. The Balaban J connectivity index is 2.16. The van der Waals surface area contributed by atoms with E-state index in [2.05, 4.69) is 48.2 Å². The summed E-state index contributed by atoms with van der Waals surface area (Å²) in [5.41, 5.74) is 2.20. The Labute approximate surface area is 126 Å². The van der Waals surface area contributed by atoms with Gasteiger partial charge in [0.25, 0.3) is 0 Å². The predicted octanol–water partition coefficient (Wildman–Crippen LogP) is 3.57. The van der Waals surface area contributed by atoms with E-state index < -0.39 is 0 Å². The Kier molecular flexibility index (Phi) is 5.38. The highest BCUT2D eigenvalue weighted by Crippen LogP contribution is 2.26. The molecule has 0 unspecified atom stereocenters. The van der Waals surface area contributed by atoms with Crippen molar-refractivity contribution in [1.82, 2.24) is 0 Å². The number of hydrogen-bond acceptors (Lipinski definition) is 2. The van der Waals surface area contributed by atoms with E-state index >= 15 is 0 Å². The van der Waals surface area contributed by atoms with E-state index in [9.17, 15) is 0 Å². The first-order valence-electron chi connectivity index (χ1n) is 7.16. The van der Waals surface area contributed by atoms with Crippen LogP contribution in [0.4, 0.5) is 0 Å². The molecule has 0 saturated heterocycles. The zero-order valence-electron chi connectivity index (χ0n) is 12.9. The quantitative estimate of drug-likeness (QED) is 0.757. The number of methoxy groups -OCH3 is 2. The maximum Gasteiger partial charge on any atom is 0.169 e. The number of aromatic nitrogens is 1. The van der Waals surface area contributed by atoms with E-state index in [-0.39, 0.29) is 0 Å². The van der Waals surface area contributed by atoms with E-state index in [0.29, 0.717) is 0 Å². The van der Waals surface area contributed by atoms with Crippen LogP contribution >= 0.6 is 0 Å². The first-order chi connectivity index (χ1) is 10.3. The van der Waals surface area contributed by atoms with Gasteiger partial charge in [-0.25, -0.2) is 4.57 Å². The summed E-state index contributed by atoms with van der Waals surface area (Å²) in [5.74, 6) is 1.60. The van der Waals surface area contributed by atoms with Gasteiger partial charge in [0.1, 0.15) is 18.0 Å². The molecule has 0 aliphatic heterocycles. The third kappa shape index (κ3) is 4.09. The highest BCUT2D eigenvalue weighted by molar-refractivity contribution is 5.72. The van der Waals surface area contributed by atoms with Crippen LogP contribution in [0.15, 0.2) is 42.7 Å². The molecule has 0 fully saturated rings. The van der Waals surface area contributed by atoms with Crippen molar-refractivity contribution in [3.8, 4) is 11.5 Å². The molecule has 0 radical (unpaired) electrons. The van der Waals surface area contributed by atoms with E-state index in [0.717, 1.165) is 30.0 Å². The summed E-state index contributed by atoms with van der Waals surface area (Å²) in [6, 6.07) is 10.0. The molecule has 0 spiro atoms. The highest BCUT2D eigenvalue weighted by atomic mass is 16.5. The topological polar surface area (TPSA) is 22.3 Å². The summed E-state index contributed by atoms with van der Waals surface area (Å²) in [6.45, 7) is 3.23. The number of nitrogens with zero attached hydrogens (tertiary/aromatic N) is 1. The Morgan fingerprint density at radius 2 is 1.76 bits per heavy atom. The first kappa shape index (κ1) is 15.1. The molecule has 1 aromatic carbocycles. The average Bonchev–Trinajstić information content (AvgIpc) is 2.54. The molecule has 0 atom stereocenters. The van der Waals surface area contributed by atoms with Crippen molar-refractivity contribution in [3.63, 3.8) is 0 Å². The van der Waals surface area contributed by atoms with Crippen LogP contribution in [0.3, 0.4) is 0 Å². The summed E-state index contributed by atoms with van der Waals surface area (Å²) < 4.78 is 12.8. The lowest BCUT2D eigenvalue weighted by Crippen LogP contribution is -2.31. The largest absolute Gasteiger partial charge is 0.497 e. The molecule has 21 heavy (non-hydrogen) atoms. The normalized spacial score (nSPS) is 10.8. The summed E-state index contributed by atoms with van der Waals surface area (Å²) in [6.07, 6.45) is 9.49. The van der Waals surface area contributed by atoms with Gasteiger partial charge >= 0.3 is 0 Å². The van der Waals surface area contributed by atoms with Gasteiger partial charge in [0.15, 0.2) is 12.4 Å². The van der Waals surface area contributed by atoms with Gasteiger partial charge in [-0.15, -0.1) is 0 Å². The van der Waals surface area contributed by atoms with Gasteiger partial charge < -0.3 is 9.47 Å². The summed E-state index contributed by atoms with van der Waals surface area (Å²) in [4.78, 5) is 0. The van der Waals surface area contributed by atoms with Crippen LogP contribution in [-0.4, -0.2) is 14.2 Å². The van der Waals surface area contributed by atoms with Crippen molar-refractivity contribution in [3.05, 3.63) is 53.9 Å². The van der Waals surface area contributed by atoms with Gasteiger partial charge in [-0.3, -0.25) is 0 Å². The van der Waals surface area contributed by atoms with Crippen LogP contribution in [0.5, 0.6) is 11.5 Å². The second-order valence-corrected chi connectivity index (χ2v) is 4.81. The van der Waals surface area contributed by atoms with Crippen LogP contribution in [0, 0.1) is 0 Å². The fraction of sp³-hybridized carbons (Fsp3) is 0.278. The minimum Gasteiger partial charge on any atom is -0.497 e. The summed E-state index contributed by atoms with van der Waals surface area (Å²) in [5, 5.41) is 0. The van der Waals surface area contributed by atoms with Crippen LogP contribution in [0.2, 0.25) is 0 Å². The molecule has 2 aromatic rings. The average molecular weight is 284 g/mol. The van der Waals surface area contributed by atoms with E-state index in [1.54, 1.807) is 14.2 Å². The highest BCUT2D eigenvalue weighted by Gasteiger charge is 2.02. The fourth-order valence-electron chi connectivity index (χ4n) is 2.13. The second-order valence-electron chi connectivity index (χ2n) is 4.81. The van der Waals surface area contributed by atoms with Crippen molar-refractivity contribution in [1.29, 1.82) is 0 Å². The lowest BCUT2D eigenvalue weighted by Gasteiger charge is -2.07. The van der Waals surface area contributed by atoms with Crippen LogP contribution in [-0.2, 0) is 6.54 Å². The molecule has 0 aliphatic rings. The van der Waals surface area contributed by atoms with E-state index in [1.165, 1.54) is 5.56 Å². The maximum atomic E-state index is 5.39. The molecule has 0 N–H and O–H groups in total. The molecular weight excluding hydrogens is 262 g/mol. The van der Waals surface area contributed by atoms with Crippen molar-refractivity contribution in [2.75, 3.05) is 14.2 Å². The molecule has 0 saturated carbocycles. The Morgan fingerprint density at radius 3 is 2.38 bits per heavy atom. The van der Waals surface area contributed by atoms with E-state index in [4.69, 9.17) is 9.47 Å². The SMILES string of the molecule is CCC[n+]1ccc(C=Cc2ccc(OC)cc2OC)cc1. The van der Waals surface area contributed by atoms with Crippen molar-refractivity contribution in [2.45, 2.75) is 19.9 Å². The molecule has 3 nitrogen and oxygen atoms in total. The predicted molar refractivity (Wildman–Crippen MR) is 85.4 cm³/mol. The minimum absolute atomic E-state index is 0.796. The van der Waals surface area contributed by atoms with Gasteiger partial charge in [0.05, 0.1) is 14.2 Å². The Morgan fingerprint density at radius 1 is 1.00 bits per heavy atom. The standard InChI is InChI=1S/C18H22NO2/c1-4-11-19-12-9-15(10-13-19)5-6-16-7-8-17(20-2)14-18(16)21-3/h5-10,12-14H,4,11H2,1-3H3/q+1. The van der Waals surface area contributed by atoms with Crippen LogP contribution in [0.1, 0.15) is 24.5 Å². The number of hydrogen-bond donors (Lipinski definition) is 0. The minimum atomic E-state index is 0.796. The van der Waals surface area contributed by atoms with Gasteiger partial charge in [0.2, 0.25) is 0 Å². The second kappa shape index (κ2) is 7.48. The third-order valence-electron chi connectivity index (χ3n) is 3.29. The van der Waals surface area contributed by atoms with Crippen LogP contribution in [0.25, 0.3) is 12.2 Å². The number of pyridine rings is 1. The first-order valence-corrected chi connectivity index (χ1v) is 7.16. The summed E-state index contributed by atoms with van der Waals surface area (Å²) in [7, 11) is 3.32. The number of rotatable bonds is 6. The van der Waals surface area contributed by atoms with Gasteiger partial charge in [-0.05, 0) is 17.7 Å². The molecule has 1 aromatic heterocycles. The van der Waals surface area contributed by atoms with Crippen LogP contribution < -0.4 is 14.0 Å². The molecule has 3 heteroatoms. The Hall–Kier alpha value is -2.29. The lowest BCUT2D eigenvalue weighted by molar-refractivity contribution is -0.697. The molecule has 0 aliphatic carbocycles. The zero-order chi connectivity index (χ0) is 15.1. The number of benzene rings is 1. The summed E-state index contributed by atoms with van der Waals surface area (Å²) >= 11 is 0. The number of ether oxygens (including phenoxy) is 2. The molecule has 1 heterocycles. The fourth-order valence-corrected chi connectivity index (χ4v) is 2.13. The molecule has 110 valence electrons. The van der Waals surface area contributed by atoms with Gasteiger partial charge in [-0.2, -0.15) is 0 Å². The molecule has 2 rings (SSSR count). The monoisotopic (exact) mass is 284 g/mol. The molecule has 0 amide bonds. The molecular formula is C18H22NO2+. The maximum absolute atomic E-state index is 5.39. The zero-order valence-corrected chi connectivity index (χ0v) is 12.9. The van der Waals surface area contributed by atoms with Gasteiger partial charge in [-0.1, -0.05) is 19.1 Å². The van der Waals surface area contributed by atoms with Crippen molar-refractivity contribution < 1.29 is 14.0 Å². The van der Waals surface area contributed by atoms with Crippen molar-refractivity contribution in [2.24, 2.45) is 0 Å². The molecule has 0 bridgehead atoms. The van der Waals surface area contributed by atoms with Gasteiger partial charge in [0, 0.05) is 30.2 Å².